The molecule has 0 atom stereocenters. The van der Waals surface area contributed by atoms with Crippen molar-refractivity contribution < 1.29 is 4.43 Å². The van der Waals surface area contributed by atoms with Gasteiger partial charge in [-0.2, -0.15) is 0 Å². The zero-order chi connectivity index (χ0) is 15.4. The van der Waals surface area contributed by atoms with Gasteiger partial charge in [0, 0.05) is 0 Å². The lowest BCUT2D eigenvalue weighted by molar-refractivity contribution is 0.592. The zero-order valence-corrected chi connectivity index (χ0v) is 14.2. The number of hydrogen-bond donors (Lipinski definition) is 0. The van der Waals surface area contributed by atoms with Crippen LogP contribution in [-0.2, 0) is 0 Å². The number of hydrogen-bond acceptors (Lipinski definition) is 1. The predicted molar refractivity (Wildman–Crippen MR) is 95.0 cm³/mol. The first-order valence-electron chi connectivity index (χ1n) is 6.85. The Morgan fingerprint density at radius 1 is 0.636 bits per heavy atom. The van der Waals surface area contributed by atoms with E-state index in [1.165, 1.54) is 0 Å². The van der Waals surface area contributed by atoms with Crippen molar-refractivity contribution in [3.05, 3.63) is 88.9 Å². The van der Waals surface area contributed by atoms with E-state index in [0.29, 0.717) is 15.8 Å². The summed E-state index contributed by atoms with van der Waals surface area (Å²) in [7, 11) is -1.43. The SMILES string of the molecule is Clc1cccc(O[Si](c2ccccc2)c2ccccc2)c1Cl. The monoisotopic (exact) mass is 343 g/mol. The fourth-order valence-corrected chi connectivity index (χ4v) is 4.48. The molecule has 0 bridgehead atoms. The quantitative estimate of drug-likeness (QED) is 0.645. The minimum absolute atomic E-state index is 0.457. The van der Waals surface area contributed by atoms with E-state index in [1.807, 2.05) is 48.5 Å². The van der Waals surface area contributed by atoms with Gasteiger partial charge in [0.05, 0.1) is 10.0 Å². The molecule has 0 unspecified atom stereocenters. The van der Waals surface area contributed by atoms with Crippen molar-refractivity contribution in [2.75, 3.05) is 0 Å². The molecule has 3 aromatic carbocycles. The van der Waals surface area contributed by atoms with Crippen LogP contribution in [0.15, 0.2) is 78.9 Å². The summed E-state index contributed by atoms with van der Waals surface area (Å²) < 4.78 is 6.28. The molecule has 0 aromatic heterocycles. The Kier molecular flexibility index (Phi) is 4.83. The van der Waals surface area contributed by atoms with Gasteiger partial charge in [0.25, 0.3) is 0 Å². The van der Waals surface area contributed by atoms with Crippen molar-refractivity contribution in [3.8, 4) is 5.75 Å². The molecule has 0 spiro atoms. The summed E-state index contributed by atoms with van der Waals surface area (Å²) in [5.41, 5.74) is 0. The predicted octanol–water partition coefficient (Wildman–Crippen LogP) is 4.18. The van der Waals surface area contributed by atoms with Crippen LogP contribution in [0.1, 0.15) is 0 Å². The Labute approximate surface area is 141 Å². The molecule has 1 radical (unpaired) electrons. The van der Waals surface area contributed by atoms with Crippen LogP contribution in [0.4, 0.5) is 0 Å². The molecule has 22 heavy (non-hydrogen) atoms. The van der Waals surface area contributed by atoms with E-state index in [9.17, 15) is 0 Å². The van der Waals surface area contributed by atoms with E-state index in [2.05, 4.69) is 24.3 Å². The van der Waals surface area contributed by atoms with Crippen LogP contribution in [-0.4, -0.2) is 9.04 Å². The van der Waals surface area contributed by atoms with Crippen LogP contribution in [0.5, 0.6) is 5.75 Å². The molecule has 0 heterocycles. The Bertz CT molecular complexity index is 708. The molecule has 0 aliphatic carbocycles. The fourth-order valence-electron chi connectivity index (χ4n) is 2.14. The molecule has 0 N–H and O–H groups in total. The van der Waals surface area contributed by atoms with E-state index >= 15 is 0 Å². The third kappa shape index (κ3) is 3.35. The molecular formula is C18H13Cl2OSi. The van der Waals surface area contributed by atoms with Crippen molar-refractivity contribution >= 4 is 42.6 Å². The molecule has 0 fully saturated rings. The average molecular weight is 344 g/mol. The summed E-state index contributed by atoms with van der Waals surface area (Å²) in [6, 6.07) is 25.9. The highest BCUT2D eigenvalue weighted by Crippen LogP contribution is 2.31. The van der Waals surface area contributed by atoms with Gasteiger partial charge in [0.1, 0.15) is 5.75 Å². The highest BCUT2D eigenvalue weighted by Gasteiger charge is 2.22. The molecule has 3 aromatic rings. The summed E-state index contributed by atoms with van der Waals surface area (Å²) >= 11 is 12.4. The third-order valence-corrected chi connectivity index (χ3v) is 6.14. The molecule has 0 aliphatic heterocycles. The maximum absolute atomic E-state index is 6.28. The van der Waals surface area contributed by atoms with Gasteiger partial charge in [0.15, 0.2) is 0 Å². The Morgan fingerprint density at radius 3 is 1.73 bits per heavy atom. The van der Waals surface area contributed by atoms with Gasteiger partial charge in [-0.15, -0.1) is 0 Å². The first-order valence-corrected chi connectivity index (χ1v) is 9.02. The maximum Gasteiger partial charge on any atom is 0.352 e. The molecule has 109 valence electrons. The molecule has 1 nitrogen and oxygen atoms in total. The first-order chi connectivity index (χ1) is 10.8. The maximum atomic E-state index is 6.28. The van der Waals surface area contributed by atoms with E-state index in [-0.39, 0.29) is 0 Å². The second-order valence-corrected chi connectivity index (χ2v) is 7.52. The third-order valence-electron chi connectivity index (χ3n) is 3.20. The van der Waals surface area contributed by atoms with Crippen LogP contribution in [0, 0.1) is 0 Å². The number of benzene rings is 3. The highest BCUT2D eigenvalue weighted by atomic mass is 35.5. The van der Waals surface area contributed by atoms with Gasteiger partial charge in [-0.1, -0.05) is 89.9 Å². The molecule has 0 saturated carbocycles. The van der Waals surface area contributed by atoms with Crippen molar-refractivity contribution in [1.29, 1.82) is 0 Å². The summed E-state index contributed by atoms with van der Waals surface area (Å²) in [6.45, 7) is 0. The Hall–Kier alpha value is -1.74. The van der Waals surface area contributed by atoms with Crippen LogP contribution >= 0.6 is 23.2 Å². The van der Waals surface area contributed by atoms with Crippen molar-refractivity contribution in [3.63, 3.8) is 0 Å². The van der Waals surface area contributed by atoms with Gasteiger partial charge in [-0.25, -0.2) is 0 Å². The second kappa shape index (κ2) is 7.01. The van der Waals surface area contributed by atoms with Gasteiger partial charge >= 0.3 is 9.04 Å². The van der Waals surface area contributed by atoms with Crippen molar-refractivity contribution in [2.24, 2.45) is 0 Å². The summed E-state index contributed by atoms with van der Waals surface area (Å²) in [5.74, 6) is 0.621. The van der Waals surface area contributed by atoms with Crippen LogP contribution in [0.2, 0.25) is 10.0 Å². The summed E-state index contributed by atoms with van der Waals surface area (Å²) in [5, 5.41) is 3.28. The lowest BCUT2D eigenvalue weighted by Gasteiger charge is -2.18. The van der Waals surface area contributed by atoms with Crippen LogP contribution in [0.25, 0.3) is 0 Å². The largest absolute Gasteiger partial charge is 0.532 e. The Balaban J connectivity index is 2.01. The average Bonchev–Trinajstić information content (AvgIpc) is 2.58. The van der Waals surface area contributed by atoms with Crippen LogP contribution in [0.3, 0.4) is 0 Å². The summed E-state index contributed by atoms with van der Waals surface area (Å²) in [6.07, 6.45) is 0. The summed E-state index contributed by atoms with van der Waals surface area (Å²) in [4.78, 5) is 0. The van der Waals surface area contributed by atoms with Crippen LogP contribution < -0.4 is 14.8 Å². The minimum atomic E-state index is -1.43. The number of halogens is 2. The molecule has 0 saturated heterocycles. The lowest BCUT2D eigenvalue weighted by Crippen LogP contribution is -2.47. The molecular weight excluding hydrogens is 331 g/mol. The normalized spacial score (nSPS) is 10.7. The smallest absolute Gasteiger partial charge is 0.352 e. The Morgan fingerprint density at radius 2 is 1.18 bits per heavy atom. The van der Waals surface area contributed by atoms with Gasteiger partial charge in [0.2, 0.25) is 0 Å². The molecule has 0 aliphatic rings. The highest BCUT2D eigenvalue weighted by molar-refractivity contribution is 6.80. The molecule has 3 rings (SSSR count). The topological polar surface area (TPSA) is 9.23 Å². The van der Waals surface area contributed by atoms with Crippen molar-refractivity contribution in [2.45, 2.75) is 0 Å². The standard InChI is InChI=1S/C18H13Cl2OSi/c19-16-12-7-13-17(18(16)20)21-22(14-8-3-1-4-9-14)15-10-5-2-6-11-15/h1-13H. The fraction of sp³-hybridized carbons (Fsp3) is 0. The van der Waals surface area contributed by atoms with Gasteiger partial charge in [-0.05, 0) is 22.5 Å². The zero-order valence-electron chi connectivity index (χ0n) is 11.7. The van der Waals surface area contributed by atoms with Crippen molar-refractivity contribution in [1.82, 2.24) is 0 Å². The van der Waals surface area contributed by atoms with E-state index < -0.39 is 9.04 Å². The second-order valence-electron chi connectivity index (χ2n) is 4.72. The number of rotatable bonds is 4. The first kappa shape index (κ1) is 15.2. The van der Waals surface area contributed by atoms with Gasteiger partial charge in [-0.3, -0.25) is 0 Å². The van der Waals surface area contributed by atoms with Gasteiger partial charge < -0.3 is 4.43 Å². The molecule has 4 heteroatoms. The lowest BCUT2D eigenvalue weighted by atomic mass is 10.3. The van der Waals surface area contributed by atoms with E-state index in [4.69, 9.17) is 27.6 Å². The minimum Gasteiger partial charge on any atom is -0.532 e. The van der Waals surface area contributed by atoms with E-state index in [0.717, 1.165) is 10.4 Å². The molecule has 0 amide bonds. The van der Waals surface area contributed by atoms with E-state index in [1.54, 1.807) is 6.07 Å².